The largest absolute Gasteiger partial charge is 0.490 e. The van der Waals surface area contributed by atoms with Crippen molar-refractivity contribution in [2.24, 2.45) is 5.92 Å². The molecule has 0 aromatic heterocycles. The highest BCUT2D eigenvalue weighted by Crippen LogP contribution is 2.35. The van der Waals surface area contributed by atoms with E-state index in [0.29, 0.717) is 30.6 Å². The molecule has 0 saturated heterocycles. The van der Waals surface area contributed by atoms with Gasteiger partial charge in [-0.2, -0.15) is 0 Å². The Balaban J connectivity index is 1.73. The van der Waals surface area contributed by atoms with Crippen molar-refractivity contribution in [1.29, 1.82) is 0 Å². The van der Waals surface area contributed by atoms with Crippen LogP contribution in [0.15, 0.2) is 36.4 Å². The topological polar surface area (TPSA) is 107 Å². The summed E-state index contributed by atoms with van der Waals surface area (Å²) in [4.78, 5) is 33.9. The number of carboxylic acids is 1. The molecule has 3 rings (SSSR count). The van der Waals surface area contributed by atoms with Crippen LogP contribution in [0.2, 0.25) is 10.0 Å². The molecule has 1 aliphatic carbocycles. The maximum Gasteiger partial charge on any atom is 0.306 e. The fraction of sp³-hybridized carbons (Fsp3) is 0.263. The first kappa shape index (κ1) is 20.1. The van der Waals surface area contributed by atoms with E-state index in [9.17, 15) is 19.7 Å². The number of rotatable bonds is 6. The Hall–Kier alpha value is -2.64. The van der Waals surface area contributed by atoms with Gasteiger partial charge >= 0.3 is 5.97 Å². The molecule has 1 N–H and O–H groups in total. The number of nitrogens with zero attached hydrogens (tertiary/aromatic N) is 1. The number of carbonyl (C=O) groups excluding carboxylic acids is 1. The van der Waals surface area contributed by atoms with E-state index in [1.807, 2.05) is 0 Å². The van der Waals surface area contributed by atoms with Gasteiger partial charge in [-0.3, -0.25) is 19.7 Å². The molecule has 9 heteroatoms. The van der Waals surface area contributed by atoms with Gasteiger partial charge in [-0.1, -0.05) is 23.2 Å². The quantitative estimate of drug-likeness (QED) is 0.407. The Bertz CT molecular complexity index is 944. The van der Waals surface area contributed by atoms with Crippen molar-refractivity contribution in [3.8, 4) is 5.75 Å². The summed E-state index contributed by atoms with van der Waals surface area (Å²) in [6.07, 6.45) is 1.52. The predicted molar refractivity (Wildman–Crippen MR) is 102 cm³/mol. The van der Waals surface area contributed by atoms with E-state index in [2.05, 4.69) is 0 Å². The smallest absolute Gasteiger partial charge is 0.306 e. The number of aliphatic carboxylic acids is 1. The van der Waals surface area contributed by atoms with Gasteiger partial charge in [0.25, 0.3) is 5.69 Å². The molecule has 0 unspecified atom stereocenters. The minimum Gasteiger partial charge on any atom is -0.490 e. The fourth-order valence-corrected chi connectivity index (χ4v) is 3.64. The summed E-state index contributed by atoms with van der Waals surface area (Å²) < 4.78 is 5.78. The lowest BCUT2D eigenvalue weighted by Crippen LogP contribution is -2.15. The molecular weight excluding hydrogens is 409 g/mol. The van der Waals surface area contributed by atoms with E-state index in [1.54, 1.807) is 24.3 Å². The third-order valence-electron chi connectivity index (χ3n) is 4.66. The molecule has 0 heterocycles. The number of ketones is 1. The minimum atomic E-state index is -0.814. The molecule has 28 heavy (non-hydrogen) atoms. The van der Waals surface area contributed by atoms with E-state index in [-0.39, 0.29) is 33.3 Å². The zero-order chi connectivity index (χ0) is 20.4. The first-order valence-corrected chi connectivity index (χ1v) is 9.20. The van der Waals surface area contributed by atoms with Crippen LogP contribution in [0.25, 0.3) is 0 Å². The maximum absolute atomic E-state index is 12.7. The number of benzene rings is 2. The van der Waals surface area contributed by atoms with Gasteiger partial charge in [0.1, 0.15) is 10.8 Å². The molecule has 0 radical (unpaired) electrons. The van der Waals surface area contributed by atoms with Crippen molar-refractivity contribution in [3.05, 3.63) is 67.7 Å². The van der Waals surface area contributed by atoms with Crippen molar-refractivity contribution >= 4 is 40.6 Å². The maximum atomic E-state index is 12.7. The highest BCUT2D eigenvalue weighted by molar-refractivity contribution is 6.45. The van der Waals surface area contributed by atoms with E-state index < -0.39 is 16.7 Å². The first-order chi connectivity index (χ1) is 13.3. The second-order valence-corrected chi connectivity index (χ2v) is 7.21. The van der Waals surface area contributed by atoms with Crippen molar-refractivity contribution in [3.63, 3.8) is 0 Å². The number of ether oxygens (including phenoxy) is 1. The third-order valence-corrected chi connectivity index (χ3v) is 5.53. The van der Waals surface area contributed by atoms with Gasteiger partial charge < -0.3 is 9.84 Å². The molecule has 1 saturated carbocycles. The van der Waals surface area contributed by atoms with Crippen molar-refractivity contribution in [2.45, 2.75) is 25.4 Å². The van der Waals surface area contributed by atoms with Crippen LogP contribution in [0, 0.1) is 16.0 Å². The van der Waals surface area contributed by atoms with Crippen LogP contribution in [0.1, 0.15) is 35.2 Å². The van der Waals surface area contributed by atoms with Crippen LogP contribution < -0.4 is 4.74 Å². The Labute approximate surface area is 170 Å². The number of halogens is 2. The first-order valence-electron chi connectivity index (χ1n) is 8.44. The van der Waals surface area contributed by atoms with Gasteiger partial charge in [-0.15, -0.1) is 0 Å². The Morgan fingerprint density at radius 3 is 2.32 bits per heavy atom. The van der Waals surface area contributed by atoms with E-state index >= 15 is 0 Å². The molecule has 0 spiro atoms. The van der Waals surface area contributed by atoms with Crippen LogP contribution in [0.3, 0.4) is 0 Å². The lowest BCUT2D eigenvalue weighted by Gasteiger charge is -2.14. The molecule has 7 nitrogen and oxygen atoms in total. The number of hydrogen-bond donors (Lipinski definition) is 1. The zero-order valence-corrected chi connectivity index (χ0v) is 15.9. The number of carboxylic acid groups (broad SMARTS) is 1. The van der Waals surface area contributed by atoms with E-state index in [4.69, 9.17) is 33.0 Å². The molecule has 0 aliphatic heterocycles. The van der Waals surface area contributed by atoms with Crippen molar-refractivity contribution in [2.75, 3.05) is 0 Å². The molecule has 1 fully saturated rings. The highest BCUT2D eigenvalue weighted by atomic mass is 35.5. The fourth-order valence-electron chi connectivity index (χ4n) is 3.16. The minimum absolute atomic E-state index is 0.0611. The van der Waals surface area contributed by atoms with E-state index in [0.717, 1.165) is 6.07 Å². The van der Waals surface area contributed by atoms with Crippen molar-refractivity contribution < 1.29 is 24.4 Å². The summed E-state index contributed by atoms with van der Waals surface area (Å²) >= 11 is 11.9. The molecular formula is C19H15Cl2NO6. The molecule has 0 bridgehead atoms. The molecule has 1 aliphatic rings. The van der Waals surface area contributed by atoms with Crippen LogP contribution in [0.5, 0.6) is 5.75 Å². The average molecular weight is 424 g/mol. The second-order valence-electron chi connectivity index (χ2n) is 6.46. The second kappa shape index (κ2) is 8.16. The van der Waals surface area contributed by atoms with Gasteiger partial charge in [0.05, 0.1) is 22.0 Å². The van der Waals surface area contributed by atoms with Gasteiger partial charge in [0, 0.05) is 17.2 Å². The molecule has 2 aromatic rings. The number of nitro groups is 1. The summed E-state index contributed by atoms with van der Waals surface area (Å²) in [6.45, 7) is 0. The van der Waals surface area contributed by atoms with Crippen LogP contribution in [0.4, 0.5) is 5.69 Å². The van der Waals surface area contributed by atoms with E-state index in [1.165, 1.54) is 6.07 Å². The van der Waals surface area contributed by atoms with Gasteiger partial charge in [0.15, 0.2) is 5.78 Å². The predicted octanol–water partition coefficient (Wildman–Crippen LogP) is 4.76. The van der Waals surface area contributed by atoms with Gasteiger partial charge in [-0.25, -0.2) is 0 Å². The standard InChI is InChI=1S/C19H15Cl2NO6/c20-16-14(7-8-15(17(16)21)22(26)27)18(23)10-1-4-12(5-2-10)28-13-6-3-11(9-13)19(24)25/h1-2,4-5,7-8,11,13H,3,6,9H2,(H,24,25)/t11-,13-/m0/s1. The van der Waals surface area contributed by atoms with Crippen molar-refractivity contribution in [1.82, 2.24) is 0 Å². The Kier molecular flexibility index (Phi) is 5.86. The summed E-state index contributed by atoms with van der Waals surface area (Å²) in [6, 6.07) is 8.73. The normalized spacial score (nSPS) is 18.6. The van der Waals surface area contributed by atoms with Gasteiger partial charge in [-0.05, 0) is 49.6 Å². The third kappa shape index (κ3) is 4.10. The zero-order valence-electron chi connectivity index (χ0n) is 14.4. The summed E-state index contributed by atoms with van der Waals surface area (Å²) in [5, 5.41) is 19.5. The number of hydrogen-bond acceptors (Lipinski definition) is 5. The Morgan fingerprint density at radius 1 is 1.07 bits per heavy atom. The van der Waals surface area contributed by atoms with Crippen LogP contribution in [-0.2, 0) is 4.79 Å². The lowest BCUT2D eigenvalue weighted by molar-refractivity contribution is -0.384. The monoisotopic (exact) mass is 423 g/mol. The summed E-state index contributed by atoms with van der Waals surface area (Å²) in [5.41, 5.74) is 0.00299. The molecule has 0 amide bonds. The average Bonchev–Trinajstić information content (AvgIpc) is 3.12. The highest BCUT2D eigenvalue weighted by Gasteiger charge is 2.31. The molecule has 2 atom stereocenters. The summed E-state index contributed by atoms with van der Waals surface area (Å²) in [5.74, 6) is -1.11. The Morgan fingerprint density at radius 2 is 1.75 bits per heavy atom. The lowest BCUT2D eigenvalue weighted by atomic mass is 10.0. The van der Waals surface area contributed by atoms with Gasteiger partial charge in [0.2, 0.25) is 0 Å². The SMILES string of the molecule is O=C(c1ccc(O[C@H]2CC[C@H](C(=O)O)C2)cc1)c1ccc([N+](=O)[O-])c(Cl)c1Cl. The number of carbonyl (C=O) groups is 2. The molecule has 146 valence electrons. The molecule has 2 aromatic carbocycles. The van der Waals surface area contributed by atoms with Crippen LogP contribution in [-0.4, -0.2) is 27.9 Å². The van der Waals surface area contributed by atoms with Crippen LogP contribution >= 0.6 is 23.2 Å². The summed E-state index contributed by atoms with van der Waals surface area (Å²) in [7, 11) is 0. The number of nitro benzene ring substituents is 1.